The zero-order valence-electron chi connectivity index (χ0n) is 7.83. The summed E-state index contributed by atoms with van der Waals surface area (Å²) in [6.07, 6.45) is 1.90. The third-order valence-electron chi connectivity index (χ3n) is 1.52. The van der Waals surface area contributed by atoms with E-state index in [4.69, 9.17) is 5.73 Å². The van der Waals surface area contributed by atoms with Crippen LogP contribution in [0.1, 0.15) is 13.3 Å². The van der Waals surface area contributed by atoms with Crippen molar-refractivity contribution in [2.24, 2.45) is 5.73 Å². The van der Waals surface area contributed by atoms with Crippen molar-refractivity contribution < 1.29 is 4.79 Å². The Hall–Kier alpha value is -0.940. The minimum atomic E-state index is -0.126. The number of rotatable bonds is 3. The molecule has 0 spiro atoms. The topological polar surface area (TPSA) is 68.0 Å². The number of carbonyl (C=O) groups excluding carboxylic acids is 1. The van der Waals surface area contributed by atoms with Gasteiger partial charge in [-0.25, -0.2) is 4.98 Å². The number of hydrogen-bond acceptors (Lipinski definition) is 3. The molecule has 0 saturated carbocycles. The Kier molecular flexibility index (Phi) is 4.03. The predicted molar refractivity (Wildman–Crippen MR) is 58.8 cm³/mol. The zero-order valence-corrected chi connectivity index (χ0v) is 9.41. The summed E-state index contributed by atoms with van der Waals surface area (Å²) < 4.78 is 0.739. The van der Waals surface area contributed by atoms with Crippen LogP contribution in [0.15, 0.2) is 22.9 Å². The lowest BCUT2D eigenvalue weighted by molar-refractivity contribution is -0.116. The molecule has 0 saturated heterocycles. The number of pyridine rings is 1. The molecule has 0 aliphatic heterocycles. The second kappa shape index (κ2) is 5.07. The molecule has 1 amide bonds. The first kappa shape index (κ1) is 11.1. The molecule has 0 fully saturated rings. The Balaban J connectivity index is 2.52. The fraction of sp³-hybridized carbons (Fsp3) is 0.333. The molecule has 1 heterocycles. The van der Waals surface area contributed by atoms with E-state index >= 15 is 0 Å². The van der Waals surface area contributed by atoms with Crippen LogP contribution < -0.4 is 11.1 Å². The van der Waals surface area contributed by atoms with Crippen molar-refractivity contribution in [1.29, 1.82) is 0 Å². The minimum absolute atomic E-state index is 0.0934. The van der Waals surface area contributed by atoms with Gasteiger partial charge in [-0.15, -0.1) is 0 Å². The van der Waals surface area contributed by atoms with Crippen molar-refractivity contribution in [3.05, 3.63) is 22.9 Å². The van der Waals surface area contributed by atoms with Crippen molar-refractivity contribution in [2.75, 3.05) is 5.32 Å². The van der Waals surface area contributed by atoms with E-state index in [2.05, 4.69) is 26.2 Å². The van der Waals surface area contributed by atoms with E-state index < -0.39 is 0 Å². The van der Waals surface area contributed by atoms with Gasteiger partial charge in [-0.3, -0.25) is 4.79 Å². The largest absolute Gasteiger partial charge is 0.327 e. The Morgan fingerprint density at radius 2 is 2.43 bits per heavy atom. The van der Waals surface area contributed by atoms with E-state index in [0.717, 1.165) is 4.60 Å². The number of hydrogen-bond donors (Lipinski definition) is 2. The van der Waals surface area contributed by atoms with Gasteiger partial charge in [0.15, 0.2) is 0 Å². The lowest BCUT2D eigenvalue weighted by Crippen LogP contribution is -2.23. The van der Waals surface area contributed by atoms with Crippen LogP contribution in [0, 0.1) is 0 Å². The van der Waals surface area contributed by atoms with E-state index in [-0.39, 0.29) is 11.9 Å². The fourth-order valence-corrected chi connectivity index (χ4v) is 1.19. The summed E-state index contributed by atoms with van der Waals surface area (Å²) in [5.41, 5.74) is 6.17. The van der Waals surface area contributed by atoms with E-state index in [1.165, 1.54) is 0 Å². The molecule has 1 aromatic rings. The molecule has 4 nitrogen and oxygen atoms in total. The van der Waals surface area contributed by atoms with Crippen molar-refractivity contribution in [1.82, 2.24) is 4.98 Å². The van der Waals surface area contributed by atoms with Crippen molar-refractivity contribution in [2.45, 2.75) is 19.4 Å². The van der Waals surface area contributed by atoms with E-state index in [9.17, 15) is 4.79 Å². The normalized spacial score (nSPS) is 12.2. The maximum absolute atomic E-state index is 11.3. The Morgan fingerprint density at radius 3 is 2.93 bits per heavy atom. The average Bonchev–Trinajstić information content (AvgIpc) is 2.07. The highest BCUT2D eigenvalue weighted by atomic mass is 79.9. The molecule has 14 heavy (non-hydrogen) atoms. The summed E-state index contributed by atoms with van der Waals surface area (Å²) in [5, 5.41) is 2.70. The molecule has 3 N–H and O–H groups in total. The monoisotopic (exact) mass is 257 g/mol. The van der Waals surface area contributed by atoms with Gasteiger partial charge >= 0.3 is 0 Å². The molecule has 0 aromatic carbocycles. The number of anilines is 1. The molecule has 0 radical (unpaired) electrons. The lowest BCUT2D eigenvalue weighted by Gasteiger charge is -2.06. The summed E-state index contributed by atoms with van der Waals surface area (Å²) in [6.45, 7) is 1.79. The molecule has 1 rings (SSSR count). The highest BCUT2D eigenvalue weighted by molar-refractivity contribution is 9.10. The maximum atomic E-state index is 11.3. The van der Waals surface area contributed by atoms with Crippen LogP contribution >= 0.6 is 15.9 Å². The molecular weight excluding hydrogens is 246 g/mol. The van der Waals surface area contributed by atoms with Crippen LogP contribution in [-0.4, -0.2) is 16.9 Å². The molecule has 5 heteroatoms. The number of aromatic nitrogens is 1. The van der Waals surface area contributed by atoms with Crippen molar-refractivity contribution in [3.8, 4) is 0 Å². The van der Waals surface area contributed by atoms with Crippen LogP contribution in [0.2, 0.25) is 0 Å². The molecular formula is C9H12BrN3O. The summed E-state index contributed by atoms with van der Waals surface area (Å²) in [4.78, 5) is 15.3. The molecule has 0 aliphatic carbocycles. The van der Waals surface area contributed by atoms with Gasteiger partial charge < -0.3 is 11.1 Å². The standard InChI is InChI=1S/C9H12BrN3O/c1-6(11)4-9(14)13-7-2-3-8(10)12-5-7/h2-3,5-6H,4,11H2,1H3,(H,13,14). The second-order valence-electron chi connectivity index (χ2n) is 3.10. The van der Waals surface area contributed by atoms with Crippen LogP contribution in [0.5, 0.6) is 0 Å². The van der Waals surface area contributed by atoms with Gasteiger partial charge in [0.05, 0.1) is 11.9 Å². The average molecular weight is 258 g/mol. The van der Waals surface area contributed by atoms with E-state index in [1.807, 2.05) is 0 Å². The number of nitrogens with two attached hydrogens (primary N) is 1. The fourth-order valence-electron chi connectivity index (χ4n) is 0.954. The van der Waals surface area contributed by atoms with Crippen LogP contribution in [-0.2, 0) is 4.79 Å². The Bertz CT molecular complexity index is 310. The second-order valence-corrected chi connectivity index (χ2v) is 3.91. The molecule has 0 aliphatic rings. The molecule has 1 aromatic heterocycles. The lowest BCUT2D eigenvalue weighted by atomic mass is 10.2. The number of carbonyl (C=O) groups is 1. The van der Waals surface area contributed by atoms with E-state index in [1.54, 1.807) is 25.3 Å². The highest BCUT2D eigenvalue weighted by Crippen LogP contribution is 2.10. The van der Waals surface area contributed by atoms with Crippen LogP contribution in [0.4, 0.5) is 5.69 Å². The first-order valence-corrected chi connectivity index (χ1v) is 5.04. The third kappa shape index (κ3) is 3.85. The van der Waals surface area contributed by atoms with Gasteiger partial charge in [0.2, 0.25) is 5.91 Å². The third-order valence-corrected chi connectivity index (χ3v) is 1.99. The quantitative estimate of drug-likeness (QED) is 0.807. The minimum Gasteiger partial charge on any atom is -0.327 e. The summed E-state index contributed by atoms with van der Waals surface area (Å²) >= 11 is 3.21. The van der Waals surface area contributed by atoms with Gasteiger partial charge in [-0.1, -0.05) is 0 Å². The Labute approximate surface area is 91.0 Å². The van der Waals surface area contributed by atoms with Gasteiger partial charge in [0.1, 0.15) is 4.60 Å². The van der Waals surface area contributed by atoms with Gasteiger partial charge in [0, 0.05) is 12.5 Å². The number of amides is 1. The van der Waals surface area contributed by atoms with E-state index in [0.29, 0.717) is 12.1 Å². The van der Waals surface area contributed by atoms with Crippen molar-refractivity contribution >= 4 is 27.5 Å². The maximum Gasteiger partial charge on any atom is 0.225 e. The smallest absolute Gasteiger partial charge is 0.225 e. The summed E-state index contributed by atoms with van der Waals surface area (Å²) in [6, 6.07) is 3.41. The van der Waals surface area contributed by atoms with Gasteiger partial charge in [0.25, 0.3) is 0 Å². The molecule has 1 atom stereocenters. The number of halogens is 1. The van der Waals surface area contributed by atoms with Crippen LogP contribution in [0.3, 0.4) is 0 Å². The van der Waals surface area contributed by atoms with Crippen LogP contribution in [0.25, 0.3) is 0 Å². The Morgan fingerprint density at radius 1 is 1.71 bits per heavy atom. The van der Waals surface area contributed by atoms with Gasteiger partial charge in [-0.05, 0) is 35.0 Å². The summed E-state index contributed by atoms with van der Waals surface area (Å²) in [5.74, 6) is -0.0934. The molecule has 76 valence electrons. The molecule has 0 bridgehead atoms. The molecule has 1 unspecified atom stereocenters. The summed E-state index contributed by atoms with van der Waals surface area (Å²) in [7, 11) is 0. The van der Waals surface area contributed by atoms with Crippen molar-refractivity contribution in [3.63, 3.8) is 0 Å². The number of nitrogens with one attached hydrogen (secondary N) is 1. The predicted octanol–water partition coefficient (Wildman–Crippen LogP) is 1.52. The number of nitrogens with zero attached hydrogens (tertiary/aromatic N) is 1. The first-order valence-electron chi connectivity index (χ1n) is 4.25. The van der Waals surface area contributed by atoms with Gasteiger partial charge in [-0.2, -0.15) is 0 Å². The first-order chi connectivity index (χ1) is 6.58. The highest BCUT2D eigenvalue weighted by Gasteiger charge is 2.05. The zero-order chi connectivity index (χ0) is 10.6. The SMILES string of the molecule is CC(N)CC(=O)Nc1ccc(Br)nc1.